The summed E-state index contributed by atoms with van der Waals surface area (Å²) < 4.78 is 0. The largest absolute Gasteiger partial charge is 0.263 e. The zero-order valence-electron chi connectivity index (χ0n) is 9.44. The van der Waals surface area contributed by atoms with Crippen LogP contribution >= 0.6 is 0 Å². The number of rotatable bonds is 0. The zero-order valence-corrected chi connectivity index (χ0v) is 9.44. The number of hydrogen-bond acceptors (Lipinski definition) is 2. The van der Waals surface area contributed by atoms with Crippen LogP contribution in [0.4, 0.5) is 0 Å². The molecule has 0 N–H and O–H groups in total. The Bertz CT molecular complexity index is 622. The maximum absolute atomic E-state index is 8.91. The van der Waals surface area contributed by atoms with Crippen molar-refractivity contribution >= 4 is 0 Å². The minimum Gasteiger partial charge on any atom is -0.263 e. The number of aryl methyl sites for hydroxylation is 1. The lowest BCUT2D eigenvalue weighted by atomic mass is 10.1. The second kappa shape index (κ2) is 4.96. The molecule has 0 aliphatic rings. The number of benzene rings is 1. The van der Waals surface area contributed by atoms with Crippen LogP contribution in [-0.2, 0) is 0 Å². The van der Waals surface area contributed by atoms with Gasteiger partial charge in [-0.25, -0.2) is 0 Å². The van der Waals surface area contributed by atoms with E-state index in [-0.39, 0.29) is 0 Å². The minimum atomic E-state index is 0.555. The standard InChI is InChI=1S/C15H10N2/c1-12-2-4-13(5-3-12)6-7-15-11-17-9-8-14(15)10-16/h2-5,8-9,11H,1H3. The lowest BCUT2D eigenvalue weighted by molar-refractivity contribution is 1.29. The fourth-order valence-corrected chi connectivity index (χ4v) is 1.37. The molecule has 0 aliphatic heterocycles. The normalized spacial score (nSPS) is 8.94. The fourth-order valence-electron chi connectivity index (χ4n) is 1.37. The van der Waals surface area contributed by atoms with Crippen molar-refractivity contribution in [3.8, 4) is 17.9 Å². The first-order valence-corrected chi connectivity index (χ1v) is 5.22. The smallest absolute Gasteiger partial charge is 0.101 e. The average molecular weight is 218 g/mol. The van der Waals surface area contributed by atoms with Crippen molar-refractivity contribution in [2.75, 3.05) is 0 Å². The van der Waals surface area contributed by atoms with Gasteiger partial charge in [0.2, 0.25) is 0 Å². The number of nitriles is 1. The van der Waals surface area contributed by atoms with E-state index in [4.69, 9.17) is 5.26 Å². The van der Waals surface area contributed by atoms with Gasteiger partial charge in [-0.3, -0.25) is 4.98 Å². The van der Waals surface area contributed by atoms with Gasteiger partial charge in [0.1, 0.15) is 6.07 Å². The Morgan fingerprint density at radius 1 is 1.00 bits per heavy atom. The summed E-state index contributed by atoms with van der Waals surface area (Å²) in [5, 5.41) is 8.91. The van der Waals surface area contributed by atoms with Crippen molar-refractivity contribution in [2.45, 2.75) is 6.92 Å². The predicted octanol–water partition coefficient (Wildman–Crippen LogP) is 2.66. The molecule has 80 valence electrons. The summed E-state index contributed by atoms with van der Waals surface area (Å²) in [5.74, 6) is 5.99. The summed E-state index contributed by atoms with van der Waals surface area (Å²) >= 11 is 0. The highest BCUT2D eigenvalue weighted by Gasteiger charge is 1.96. The van der Waals surface area contributed by atoms with Crippen molar-refractivity contribution in [3.05, 3.63) is 65.0 Å². The molecule has 0 saturated carbocycles. The lowest BCUT2D eigenvalue weighted by Gasteiger charge is -1.93. The molecule has 0 saturated heterocycles. The first-order valence-electron chi connectivity index (χ1n) is 5.22. The van der Waals surface area contributed by atoms with Crippen LogP contribution in [-0.4, -0.2) is 4.98 Å². The van der Waals surface area contributed by atoms with Crippen molar-refractivity contribution < 1.29 is 0 Å². The van der Waals surface area contributed by atoms with Gasteiger partial charge in [-0.2, -0.15) is 5.26 Å². The molecular weight excluding hydrogens is 208 g/mol. The van der Waals surface area contributed by atoms with Gasteiger partial charge in [0.15, 0.2) is 0 Å². The molecule has 1 aromatic heterocycles. The average Bonchev–Trinajstić information content (AvgIpc) is 2.38. The van der Waals surface area contributed by atoms with Crippen LogP contribution in [0.5, 0.6) is 0 Å². The van der Waals surface area contributed by atoms with E-state index in [1.165, 1.54) is 5.56 Å². The second-order valence-corrected chi connectivity index (χ2v) is 3.65. The first kappa shape index (κ1) is 10.9. The van der Waals surface area contributed by atoms with Gasteiger partial charge in [-0.05, 0) is 25.1 Å². The van der Waals surface area contributed by atoms with Crippen molar-refractivity contribution in [3.63, 3.8) is 0 Å². The van der Waals surface area contributed by atoms with Gasteiger partial charge in [0.25, 0.3) is 0 Å². The molecule has 0 fully saturated rings. The topological polar surface area (TPSA) is 36.7 Å². The summed E-state index contributed by atoms with van der Waals surface area (Å²) in [6, 6.07) is 11.7. The van der Waals surface area contributed by atoms with Crippen molar-refractivity contribution in [1.29, 1.82) is 5.26 Å². The van der Waals surface area contributed by atoms with Crippen LogP contribution in [0.25, 0.3) is 0 Å². The van der Waals surface area contributed by atoms with E-state index in [1.54, 1.807) is 18.5 Å². The predicted molar refractivity (Wildman–Crippen MR) is 66.1 cm³/mol. The molecule has 0 atom stereocenters. The van der Waals surface area contributed by atoms with Crippen LogP contribution in [0.2, 0.25) is 0 Å². The summed E-state index contributed by atoms with van der Waals surface area (Å²) in [6.45, 7) is 2.03. The van der Waals surface area contributed by atoms with Crippen molar-refractivity contribution in [2.24, 2.45) is 0 Å². The highest BCUT2D eigenvalue weighted by molar-refractivity contribution is 5.49. The molecule has 0 spiro atoms. The molecule has 0 bridgehead atoms. The van der Waals surface area contributed by atoms with Crippen LogP contribution < -0.4 is 0 Å². The lowest BCUT2D eigenvalue weighted by Crippen LogP contribution is -1.84. The third-order valence-corrected chi connectivity index (χ3v) is 2.33. The van der Waals surface area contributed by atoms with Gasteiger partial charge < -0.3 is 0 Å². The molecule has 1 aromatic carbocycles. The SMILES string of the molecule is Cc1ccc(C#Cc2cnccc2C#N)cc1. The van der Waals surface area contributed by atoms with Gasteiger partial charge in [-0.15, -0.1) is 0 Å². The Labute approximate surface area is 101 Å². The molecule has 0 unspecified atom stereocenters. The quantitative estimate of drug-likeness (QED) is 0.637. The van der Waals surface area contributed by atoms with Crippen LogP contribution in [0.15, 0.2) is 42.7 Å². The highest BCUT2D eigenvalue weighted by Crippen LogP contribution is 2.05. The Morgan fingerprint density at radius 3 is 2.47 bits per heavy atom. The summed E-state index contributed by atoms with van der Waals surface area (Å²) in [6.07, 6.45) is 3.20. The highest BCUT2D eigenvalue weighted by atomic mass is 14.6. The molecule has 1 heterocycles. The molecule has 17 heavy (non-hydrogen) atoms. The summed E-state index contributed by atoms with van der Waals surface area (Å²) in [5.41, 5.74) is 3.35. The third-order valence-electron chi connectivity index (χ3n) is 2.33. The minimum absolute atomic E-state index is 0.555. The fraction of sp³-hybridized carbons (Fsp3) is 0.0667. The van der Waals surface area contributed by atoms with Crippen LogP contribution in [0, 0.1) is 30.1 Å². The van der Waals surface area contributed by atoms with E-state index in [0.29, 0.717) is 11.1 Å². The Balaban J connectivity index is 2.33. The van der Waals surface area contributed by atoms with E-state index >= 15 is 0 Å². The van der Waals surface area contributed by atoms with Crippen molar-refractivity contribution in [1.82, 2.24) is 4.98 Å². The molecule has 2 heteroatoms. The maximum Gasteiger partial charge on any atom is 0.101 e. The maximum atomic E-state index is 8.91. The first-order chi connectivity index (χ1) is 8.29. The number of hydrogen-bond donors (Lipinski definition) is 0. The van der Waals surface area contributed by atoms with Gasteiger partial charge in [0.05, 0.1) is 11.1 Å². The van der Waals surface area contributed by atoms with Gasteiger partial charge in [0, 0.05) is 18.0 Å². The molecule has 0 aliphatic carbocycles. The van der Waals surface area contributed by atoms with Crippen LogP contribution in [0.1, 0.15) is 22.3 Å². The number of aromatic nitrogens is 1. The summed E-state index contributed by atoms with van der Waals surface area (Å²) in [4.78, 5) is 3.97. The molecule has 2 nitrogen and oxygen atoms in total. The Morgan fingerprint density at radius 2 is 1.76 bits per heavy atom. The van der Waals surface area contributed by atoms with E-state index in [1.807, 2.05) is 31.2 Å². The van der Waals surface area contributed by atoms with Gasteiger partial charge in [-0.1, -0.05) is 29.5 Å². The summed E-state index contributed by atoms with van der Waals surface area (Å²) in [7, 11) is 0. The molecular formula is C15H10N2. The molecule has 0 radical (unpaired) electrons. The van der Waals surface area contributed by atoms with Gasteiger partial charge >= 0.3 is 0 Å². The molecule has 2 aromatic rings. The van der Waals surface area contributed by atoms with E-state index in [9.17, 15) is 0 Å². The zero-order chi connectivity index (χ0) is 12.1. The number of nitrogens with zero attached hydrogens (tertiary/aromatic N) is 2. The molecule has 0 amide bonds. The monoisotopic (exact) mass is 218 g/mol. The van der Waals surface area contributed by atoms with E-state index in [0.717, 1.165) is 5.56 Å². The van der Waals surface area contributed by atoms with E-state index < -0.39 is 0 Å². The third kappa shape index (κ3) is 2.71. The van der Waals surface area contributed by atoms with E-state index in [2.05, 4.69) is 22.9 Å². The van der Waals surface area contributed by atoms with Crippen LogP contribution in [0.3, 0.4) is 0 Å². The second-order valence-electron chi connectivity index (χ2n) is 3.65. The molecule has 2 rings (SSSR count). The Kier molecular flexibility index (Phi) is 3.19. The number of pyridine rings is 1. The Hall–Kier alpha value is -2.58.